The molecular weight excluding hydrogens is 208 g/mol. The smallest absolute Gasteiger partial charge is 0.308 e. The Labute approximate surface area is 97.2 Å². The summed E-state index contributed by atoms with van der Waals surface area (Å²) in [6, 6.07) is 0. The van der Waals surface area contributed by atoms with Gasteiger partial charge in [0, 0.05) is 6.61 Å². The van der Waals surface area contributed by atoms with Crippen LogP contribution in [0.15, 0.2) is 0 Å². The van der Waals surface area contributed by atoms with E-state index < -0.39 is 0 Å². The van der Waals surface area contributed by atoms with Gasteiger partial charge in [-0.1, -0.05) is 13.8 Å². The summed E-state index contributed by atoms with van der Waals surface area (Å²) in [6.07, 6.45) is 2.35. The van der Waals surface area contributed by atoms with Gasteiger partial charge in [0.2, 0.25) is 0 Å². The van der Waals surface area contributed by atoms with Gasteiger partial charge < -0.3 is 14.2 Å². The molecule has 1 fully saturated rings. The van der Waals surface area contributed by atoms with Crippen molar-refractivity contribution in [3.63, 3.8) is 0 Å². The van der Waals surface area contributed by atoms with E-state index in [4.69, 9.17) is 14.2 Å². The van der Waals surface area contributed by atoms with Gasteiger partial charge in [0.15, 0.2) is 0 Å². The fraction of sp³-hybridized carbons (Fsp3) is 0.917. The van der Waals surface area contributed by atoms with E-state index >= 15 is 0 Å². The van der Waals surface area contributed by atoms with Gasteiger partial charge in [0.25, 0.3) is 0 Å². The summed E-state index contributed by atoms with van der Waals surface area (Å²) in [7, 11) is 0. The van der Waals surface area contributed by atoms with Crippen LogP contribution in [0, 0.1) is 5.92 Å². The number of carbonyl (C=O) groups is 1. The van der Waals surface area contributed by atoms with Gasteiger partial charge in [-0.05, 0) is 19.8 Å². The third-order valence-electron chi connectivity index (χ3n) is 2.52. The Kier molecular flexibility index (Phi) is 5.77. The maximum atomic E-state index is 11.2. The minimum Gasteiger partial charge on any atom is -0.463 e. The fourth-order valence-electron chi connectivity index (χ4n) is 1.46. The van der Waals surface area contributed by atoms with E-state index in [0.717, 1.165) is 19.4 Å². The van der Waals surface area contributed by atoms with E-state index in [1.165, 1.54) is 0 Å². The first-order valence-electron chi connectivity index (χ1n) is 5.99. The van der Waals surface area contributed by atoms with Gasteiger partial charge in [-0.25, -0.2) is 0 Å². The highest BCUT2D eigenvalue weighted by Crippen LogP contribution is 2.12. The summed E-state index contributed by atoms with van der Waals surface area (Å²) in [4.78, 5) is 11.2. The number of carbonyl (C=O) groups excluding carboxylic acids is 1. The fourth-order valence-corrected chi connectivity index (χ4v) is 1.46. The van der Waals surface area contributed by atoms with E-state index in [1.807, 2.05) is 20.8 Å². The highest BCUT2D eigenvalue weighted by Gasteiger charge is 2.17. The molecule has 1 saturated heterocycles. The van der Waals surface area contributed by atoms with Crippen LogP contribution < -0.4 is 0 Å². The van der Waals surface area contributed by atoms with Gasteiger partial charge in [-0.15, -0.1) is 0 Å². The largest absolute Gasteiger partial charge is 0.463 e. The van der Waals surface area contributed by atoms with Crippen LogP contribution in [0.1, 0.15) is 33.6 Å². The molecule has 4 nitrogen and oxygen atoms in total. The quantitative estimate of drug-likeness (QED) is 0.652. The number of hydrogen-bond acceptors (Lipinski definition) is 4. The molecule has 2 unspecified atom stereocenters. The molecule has 0 aromatic carbocycles. The Balaban J connectivity index is 2.06. The molecule has 0 spiro atoms. The van der Waals surface area contributed by atoms with Crippen molar-refractivity contribution in [2.45, 2.75) is 45.8 Å². The second kappa shape index (κ2) is 6.86. The molecule has 16 heavy (non-hydrogen) atoms. The lowest BCUT2D eigenvalue weighted by molar-refractivity contribution is -0.151. The zero-order valence-electron chi connectivity index (χ0n) is 10.4. The van der Waals surface area contributed by atoms with E-state index in [-0.39, 0.29) is 24.1 Å². The Morgan fingerprint density at radius 2 is 2.19 bits per heavy atom. The van der Waals surface area contributed by atoms with Gasteiger partial charge in [0.05, 0.1) is 24.7 Å². The van der Waals surface area contributed by atoms with Crippen molar-refractivity contribution in [2.24, 2.45) is 5.92 Å². The third-order valence-corrected chi connectivity index (χ3v) is 2.52. The molecule has 1 aliphatic heterocycles. The summed E-state index contributed by atoms with van der Waals surface area (Å²) in [6.45, 7) is 7.30. The molecule has 0 saturated carbocycles. The molecule has 0 amide bonds. The standard InChI is InChI=1S/C12H22O4/c1-9(2)12(13)16-7-10(3)15-8-11-5-4-6-14-11/h9-11H,4-8H2,1-3H3. The first kappa shape index (κ1) is 13.5. The average Bonchev–Trinajstić information content (AvgIpc) is 2.75. The lowest BCUT2D eigenvalue weighted by Gasteiger charge is -2.16. The maximum Gasteiger partial charge on any atom is 0.308 e. The molecule has 2 atom stereocenters. The van der Waals surface area contributed by atoms with Crippen molar-refractivity contribution in [3.05, 3.63) is 0 Å². The maximum absolute atomic E-state index is 11.2. The molecule has 1 heterocycles. The monoisotopic (exact) mass is 230 g/mol. The van der Waals surface area contributed by atoms with Crippen LogP contribution >= 0.6 is 0 Å². The van der Waals surface area contributed by atoms with Crippen molar-refractivity contribution in [1.82, 2.24) is 0 Å². The number of esters is 1. The molecule has 1 rings (SSSR count). The Morgan fingerprint density at radius 1 is 1.44 bits per heavy atom. The molecule has 94 valence electrons. The third kappa shape index (κ3) is 4.94. The second-order valence-electron chi connectivity index (χ2n) is 4.56. The Hall–Kier alpha value is -0.610. The van der Waals surface area contributed by atoms with Crippen molar-refractivity contribution in [1.29, 1.82) is 0 Å². The molecule has 4 heteroatoms. The zero-order valence-corrected chi connectivity index (χ0v) is 10.4. The van der Waals surface area contributed by atoms with Gasteiger partial charge in [-0.3, -0.25) is 4.79 Å². The van der Waals surface area contributed by atoms with Crippen LogP contribution in [0.25, 0.3) is 0 Å². The molecule has 0 radical (unpaired) electrons. The van der Waals surface area contributed by atoms with Crippen molar-refractivity contribution < 1.29 is 19.0 Å². The first-order chi connectivity index (χ1) is 7.59. The van der Waals surface area contributed by atoms with Crippen LogP contribution in [0.4, 0.5) is 0 Å². The molecule has 0 aromatic rings. The minimum absolute atomic E-state index is 0.0631. The van der Waals surface area contributed by atoms with Crippen molar-refractivity contribution in [2.75, 3.05) is 19.8 Å². The number of rotatable bonds is 6. The van der Waals surface area contributed by atoms with E-state index in [9.17, 15) is 4.79 Å². The normalized spacial score (nSPS) is 22.4. The minimum atomic E-state index is -0.174. The van der Waals surface area contributed by atoms with Crippen LogP contribution in [0.2, 0.25) is 0 Å². The SMILES string of the molecule is CC(COC(=O)C(C)C)OCC1CCCO1. The highest BCUT2D eigenvalue weighted by molar-refractivity contribution is 5.71. The predicted molar refractivity (Wildman–Crippen MR) is 60.2 cm³/mol. The van der Waals surface area contributed by atoms with E-state index in [1.54, 1.807) is 0 Å². The lowest BCUT2D eigenvalue weighted by Crippen LogP contribution is -2.25. The lowest BCUT2D eigenvalue weighted by atomic mass is 10.2. The van der Waals surface area contributed by atoms with Crippen LogP contribution in [0.3, 0.4) is 0 Å². The van der Waals surface area contributed by atoms with Gasteiger partial charge in [0.1, 0.15) is 6.61 Å². The van der Waals surface area contributed by atoms with Crippen LogP contribution in [-0.2, 0) is 19.0 Å². The summed E-state index contributed by atoms with van der Waals surface area (Å²) >= 11 is 0. The predicted octanol–water partition coefficient (Wildman–Crippen LogP) is 1.77. The average molecular weight is 230 g/mol. The molecule has 0 bridgehead atoms. The molecule has 1 aliphatic rings. The number of ether oxygens (including phenoxy) is 3. The topological polar surface area (TPSA) is 44.8 Å². The first-order valence-corrected chi connectivity index (χ1v) is 5.99. The van der Waals surface area contributed by atoms with Gasteiger partial charge >= 0.3 is 5.97 Å². The van der Waals surface area contributed by atoms with Crippen molar-refractivity contribution >= 4 is 5.97 Å². The van der Waals surface area contributed by atoms with Crippen LogP contribution in [0.5, 0.6) is 0 Å². The molecule has 0 aromatic heterocycles. The van der Waals surface area contributed by atoms with E-state index in [0.29, 0.717) is 13.2 Å². The summed E-state index contributed by atoms with van der Waals surface area (Å²) in [5.41, 5.74) is 0. The van der Waals surface area contributed by atoms with Crippen molar-refractivity contribution in [3.8, 4) is 0 Å². The summed E-state index contributed by atoms with van der Waals surface area (Å²) < 4.78 is 16.1. The Bertz CT molecular complexity index is 209. The zero-order chi connectivity index (χ0) is 12.0. The molecule has 0 aliphatic carbocycles. The van der Waals surface area contributed by atoms with Crippen LogP contribution in [-0.4, -0.2) is 38.0 Å². The van der Waals surface area contributed by atoms with E-state index in [2.05, 4.69) is 0 Å². The highest BCUT2D eigenvalue weighted by atomic mass is 16.6. The Morgan fingerprint density at radius 3 is 2.75 bits per heavy atom. The second-order valence-corrected chi connectivity index (χ2v) is 4.56. The van der Waals surface area contributed by atoms with Gasteiger partial charge in [-0.2, -0.15) is 0 Å². The summed E-state index contributed by atoms with van der Waals surface area (Å²) in [5.74, 6) is -0.252. The molecule has 0 N–H and O–H groups in total. The molecular formula is C12H22O4. The summed E-state index contributed by atoms with van der Waals surface area (Å²) in [5, 5.41) is 0. The number of hydrogen-bond donors (Lipinski definition) is 0.